The Morgan fingerprint density at radius 3 is 2.59 bits per heavy atom. The fraction of sp³-hybridized carbons (Fsp3) is 0.680. The van der Waals surface area contributed by atoms with Gasteiger partial charge in [-0.25, -0.2) is 4.79 Å². The lowest BCUT2D eigenvalue weighted by Gasteiger charge is -2.40. The van der Waals surface area contributed by atoms with Crippen LogP contribution in [0.5, 0.6) is 11.5 Å². The first-order chi connectivity index (χ1) is 15.4. The maximum absolute atomic E-state index is 13.6. The summed E-state index contributed by atoms with van der Waals surface area (Å²) in [6.07, 6.45) is 8.45. The Balaban J connectivity index is 1.23. The average Bonchev–Trinajstić information content (AvgIpc) is 3.34. The highest BCUT2D eigenvalue weighted by atomic mass is 16.7. The minimum Gasteiger partial charge on any atom is -0.454 e. The fourth-order valence-electron chi connectivity index (χ4n) is 6.15. The van der Waals surface area contributed by atoms with Crippen LogP contribution in [0, 0.1) is 5.92 Å². The van der Waals surface area contributed by atoms with Crippen LogP contribution < -0.4 is 14.8 Å². The SMILES string of the molecule is CC(C)(CC1CCCCC1)N1C(=O)NC2(CCN(Cc3cccc4c3OCO4)CC2)C1=O. The van der Waals surface area contributed by atoms with Crippen molar-refractivity contribution in [2.75, 3.05) is 19.9 Å². The Labute approximate surface area is 190 Å². The number of carbonyl (C=O) groups excluding carboxylic acids is 2. The van der Waals surface area contributed by atoms with Crippen LogP contribution in [0.25, 0.3) is 0 Å². The lowest BCUT2D eigenvalue weighted by molar-refractivity contribution is -0.137. The summed E-state index contributed by atoms with van der Waals surface area (Å²) in [5.74, 6) is 2.20. The Kier molecular flexibility index (Phi) is 5.56. The minimum atomic E-state index is -0.754. The number of carbonyl (C=O) groups is 2. The third-order valence-electron chi connectivity index (χ3n) is 7.86. The minimum absolute atomic E-state index is 0.0275. The Morgan fingerprint density at radius 2 is 1.84 bits per heavy atom. The molecule has 0 unspecified atom stereocenters. The van der Waals surface area contributed by atoms with Gasteiger partial charge in [0.25, 0.3) is 5.91 Å². The summed E-state index contributed by atoms with van der Waals surface area (Å²) < 4.78 is 11.1. The van der Waals surface area contributed by atoms with Crippen molar-refractivity contribution in [3.05, 3.63) is 23.8 Å². The van der Waals surface area contributed by atoms with E-state index in [1.54, 1.807) is 4.90 Å². The van der Waals surface area contributed by atoms with E-state index in [-0.39, 0.29) is 18.7 Å². The van der Waals surface area contributed by atoms with Gasteiger partial charge in [-0.15, -0.1) is 0 Å². The van der Waals surface area contributed by atoms with E-state index >= 15 is 0 Å². The predicted molar refractivity (Wildman–Crippen MR) is 120 cm³/mol. The topological polar surface area (TPSA) is 71.1 Å². The first kappa shape index (κ1) is 21.6. The van der Waals surface area contributed by atoms with Gasteiger partial charge in [0.15, 0.2) is 11.5 Å². The summed E-state index contributed by atoms with van der Waals surface area (Å²) in [5.41, 5.74) is -0.102. The molecule has 3 fully saturated rings. The molecule has 2 saturated heterocycles. The quantitative estimate of drug-likeness (QED) is 0.698. The highest BCUT2D eigenvalue weighted by Gasteiger charge is 2.56. The molecule has 5 rings (SSSR count). The van der Waals surface area contributed by atoms with Crippen LogP contribution in [0.4, 0.5) is 4.79 Å². The number of para-hydroxylation sites is 1. The molecule has 1 saturated carbocycles. The third-order valence-corrected chi connectivity index (χ3v) is 7.86. The van der Waals surface area contributed by atoms with Crippen LogP contribution in [0.3, 0.4) is 0 Å². The van der Waals surface area contributed by atoms with Gasteiger partial charge in [-0.2, -0.15) is 0 Å². The number of benzene rings is 1. The second-order valence-corrected chi connectivity index (χ2v) is 10.6. The summed E-state index contributed by atoms with van der Waals surface area (Å²) >= 11 is 0. The molecule has 0 aromatic heterocycles. The fourth-order valence-corrected chi connectivity index (χ4v) is 6.15. The van der Waals surface area contributed by atoms with E-state index in [0.29, 0.717) is 18.8 Å². The molecule has 7 heteroatoms. The van der Waals surface area contributed by atoms with E-state index in [9.17, 15) is 9.59 Å². The molecular weight excluding hydrogens is 406 g/mol. The predicted octanol–water partition coefficient (Wildman–Crippen LogP) is 4.05. The summed E-state index contributed by atoms with van der Waals surface area (Å²) in [7, 11) is 0. The van der Waals surface area contributed by atoms with Gasteiger partial charge in [-0.3, -0.25) is 14.6 Å². The number of rotatable bonds is 5. The van der Waals surface area contributed by atoms with E-state index in [0.717, 1.165) is 43.1 Å². The molecule has 174 valence electrons. The van der Waals surface area contributed by atoms with Gasteiger partial charge in [0.2, 0.25) is 6.79 Å². The molecule has 7 nitrogen and oxygen atoms in total. The van der Waals surface area contributed by atoms with Crippen LogP contribution in [0.1, 0.15) is 70.8 Å². The first-order valence-electron chi connectivity index (χ1n) is 12.1. The number of amides is 3. The molecule has 0 radical (unpaired) electrons. The summed E-state index contributed by atoms with van der Waals surface area (Å²) in [5, 5.41) is 3.10. The van der Waals surface area contributed by atoms with Gasteiger partial charge >= 0.3 is 6.03 Å². The number of piperidine rings is 1. The zero-order chi connectivity index (χ0) is 22.3. The van der Waals surface area contributed by atoms with Crippen molar-refractivity contribution in [3.8, 4) is 11.5 Å². The zero-order valence-corrected chi connectivity index (χ0v) is 19.3. The highest BCUT2D eigenvalue weighted by molar-refractivity contribution is 6.07. The van der Waals surface area contributed by atoms with Crippen LogP contribution in [-0.2, 0) is 11.3 Å². The summed E-state index contributed by atoms with van der Waals surface area (Å²) in [6, 6.07) is 5.76. The Bertz CT molecular complexity index is 885. The number of ether oxygens (including phenoxy) is 2. The summed E-state index contributed by atoms with van der Waals surface area (Å²) in [6.45, 7) is 6.65. The molecule has 3 heterocycles. The molecule has 0 atom stereocenters. The molecule has 0 bridgehead atoms. The zero-order valence-electron chi connectivity index (χ0n) is 19.3. The maximum atomic E-state index is 13.6. The van der Waals surface area contributed by atoms with Crippen molar-refractivity contribution in [3.63, 3.8) is 0 Å². The number of fused-ring (bicyclic) bond motifs is 1. The van der Waals surface area contributed by atoms with Gasteiger partial charge in [0.05, 0.1) is 0 Å². The van der Waals surface area contributed by atoms with E-state index in [1.165, 1.54) is 32.1 Å². The van der Waals surface area contributed by atoms with Gasteiger partial charge in [0.1, 0.15) is 5.54 Å². The molecule has 1 spiro atoms. The van der Waals surface area contributed by atoms with Crippen molar-refractivity contribution in [1.29, 1.82) is 0 Å². The lowest BCUT2D eigenvalue weighted by Crippen LogP contribution is -2.56. The largest absolute Gasteiger partial charge is 0.454 e. The number of urea groups is 1. The van der Waals surface area contributed by atoms with Crippen molar-refractivity contribution < 1.29 is 19.1 Å². The molecule has 1 aliphatic carbocycles. The number of nitrogens with zero attached hydrogens (tertiary/aromatic N) is 2. The monoisotopic (exact) mass is 441 g/mol. The molecule has 32 heavy (non-hydrogen) atoms. The number of hydrogen-bond acceptors (Lipinski definition) is 5. The molecule has 1 aromatic carbocycles. The smallest absolute Gasteiger partial charge is 0.325 e. The van der Waals surface area contributed by atoms with Gasteiger partial charge in [0, 0.05) is 30.7 Å². The van der Waals surface area contributed by atoms with Crippen molar-refractivity contribution in [2.24, 2.45) is 5.92 Å². The maximum Gasteiger partial charge on any atom is 0.325 e. The van der Waals surface area contributed by atoms with Crippen molar-refractivity contribution >= 4 is 11.9 Å². The number of hydrogen-bond donors (Lipinski definition) is 1. The van der Waals surface area contributed by atoms with Crippen LogP contribution in [-0.4, -0.2) is 52.7 Å². The second kappa shape index (κ2) is 8.25. The second-order valence-electron chi connectivity index (χ2n) is 10.6. The van der Waals surface area contributed by atoms with Gasteiger partial charge < -0.3 is 14.8 Å². The highest BCUT2D eigenvalue weighted by Crippen LogP contribution is 2.40. The van der Waals surface area contributed by atoms with Gasteiger partial charge in [-0.1, -0.05) is 44.2 Å². The Morgan fingerprint density at radius 1 is 1.09 bits per heavy atom. The van der Waals surface area contributed by atoms with Crippen molar-refractivity contribution in [2.45, 2.75) is 82.8 Å². The Hall–Kier alpha value is -2.28. The van der Waals surface area contributed by atoms with E-state index in [4.69, 9.17) is 9.47 Å². The van der Waals surface area contributed by atoms with E-state index in [2.05, 4.69) is 30.1 Å². The molecule has 3 amide bonds. The third kappa shape index (κ3) is 3.85. The first-order valence-corrected chi connectivity index (χ1v) is 12.1. The summed E-state index contributed by atoms with van der Waals surface area (Å²) in [4.78, 5) is 30.5. The number of nitrogens with one attached hydrogen (secondary N) is 1. The van der Waals surface area contributed by atoms with Crippen molar-refractivity contribution in [1.82, 2.24) is 15.1 Å². The number of imide groups is 1. The van der Waals surface area contributed by atoms with Crippen LogP contribution in [0.2, 0.25) is 0 Å². The van der Waals surface area contributed by atoms with Gasteiger partial charge in [-0.05, 0) is 45.1 Å². The average molecular weight is 442 g/mol. The molecule has 3 aliphatic heterocycles. The normalized spacial score (nSPS) is 23.8. The molecular formula is C25H35N3O4. The van der Waals surface area contributed by atoms with E-state index < -0.39 is 11.1 Å². The number of likely N-dealkylation sites (tertiary alicyclic amines) is 1. The van der Waals surface area contributed by atoms with E-state index in [1.807, 2.05) is 12.1 Å². The molecule has 4 aliphatic rings. The lowest BCUT2D eigenvalue weighted by atomic mass is 9.79. The molecule has 1 aromatic rings. The van der Waals surface area contributed by atoms with Crippen LogP contribution >= 0.6 is 0 Å². The van der Waals surface area contributed by atoms with Crippen LogP contribution in [0.15, 0.2) is 18.2 Å². The molecule has 1 N–H and O–H groups in total. The standard InChI is InChI=1S/C25H35N3O4/c1-24(2,15-18-7-4-3-5-8-18)28-22(29)25(26-23(28)30)11-13-27(14-12-25)16-19-9-6-10-20-21(19)32-17-31-20/h6,9-10,18H,3-5,7-8,11-17H2,1-2H3,(H,26,30).